The van der Waals surface area contributed by atoms with Crippen LogP contribution < -0.4 is 15.4 Å². The number of hydrogen-bond acceptors (Lipinski definition) is 7. The van der Waals surface area contributed by atoms with Gasteiger partial charge in [0.2, 0.25) is 0 Å². The maximum Gasteiger partial charge on any atom is 0.160 e. The van der Waals surface area contributed by atoms with Crippen molar-refractivity contribution in [3.63, 3.8) is 0 Å². The number of pyridine rings is 1. The zero-order valence-corrected chi connectivity index (χ0v) is 21.3. The van der Waals surface area contributed by atoms with Crippen LogP contribution in [0.2, 0.25) is 0 Å². The van der Waals surface area contributed by atoms with Crippen molar-refractivity contribution < 1.29 is 4.74 Å². The van der Waals surface area contributed by atoms with E-state index in [2.05, 4.69) is 52.3 Å². The molecule has 0 saturated heterocycles. The molecule has 0 aliphatic heterocycles. The largest absolute Gasteiger partial charge is 0.457 e. The molecule has 1 aliphatic carbocycles. The third kappa shape index (κ3) is 4.62. The minimum atomic E-state index is 0.683. The Labute approximate surface area is 215 Å². The van der Waals surface area contributed by atoms with Crippen molar-refractivity contribution in [2.45, 2.75) is 39.0 Å². The summed E-state index contributed by atoms with van der Waals surface area (Å²) >= 11 is 0. The number of ether oxygens (including phenoxy) is 1. The van der Waals surface area contributed by atoms with E-state index >= 15 is 0 Å². The zero-order valence-electron chi connectivity index (χ0n) is 21.3. The quantitative estimate of drug-likeness (QED) is 0.340. The van der Waals surface area contributed by atoms with Crippen LogP contribution in [0.3, 0.4) is 0 Å². The molecule has 0 atom stereocenters. The second-order valence-electron chi connectivity index (χ2n) is 10.1. The smallest absolute Gasteiger partial charge is 0.160 e. The Kier molecular flexibility index (Phi) is 6.21. The molecule has 9 heteroatoms. The van der Waals surface area contributed by atoms with Gasteiger partial charge in [-0.2, -0.15) is 10.2 Å². The van der Waals surface area contributed by atoms with Gasteiger partial charge in [0, 0.05) is 31.2 Å². The van der Waals surface area contributed by atoms with Gasteiger partial charge >= 0.3 is 0 Å². The molecule has 5 aromatic rings. The second kappa shape index (κ2) is 9.82. The Balaban J connectivity index is 1.24. The average Bonchev–Trinajstić information content (AvgIpc) is 3.56. The fraction of sp³-hybridized carbons (Fsp3) is 0.357. The lowest BCUT2D eigenvalue weighted by atomic mass is 9.79. The molecule has 0 unspecified atom stereocenters. The van der Waals surface area contributed by atoms with Gasteiger partial charge in [0.25, 0.3) is 0 Å². The first-order chi connectivity index (χ1) is 18.1. The van der Waals surface area contributed by atoms with Crippen LogP contribution in [0.5, 0.6) is 11.5 Å². The molecular weight excluding hydrogens is 464 g/mol. The van der Waals surface area contributed by atoms with E-state index in [1.165, 1.54) is 37.6 Å². The molecule has 37 heavy (non-hydrogen) atoms. The number of benzene rings is 1. The van der Waals surface area contributed by atoms with Crippen molar-refractivity contribution in [1.82, 2.24) is 29.2 Å². The first-order valence-corrected chi connectivity index (χ1v) is 12.9. The number of fused-ring (bicyclic) bond motifs is 2. The molecule has 190 valence electrons. The summed E-state index contributed by atoms with van der Waals surface area (Å²) < 4.78 is 9.83. The molecule has 4 heterocycles. The maximum absolute atomic E-state index is 6.17. The van der Waals surface area contributed by atoms with Gasteiger partial charge in [0.05, 0.1) is 0 Å². The Morgan fingerprint density at radius 1 is 0.946 bits per heavy atom. The molecule has 1 aromatic carbocycles. The number of aromatic nitrogens is 6. The van der Waals surface area contributed by atoms with Crippen molar-refractivity contribution in [2.75, 3.05) is 18.5 Å². The third-order valence-electron chi connectivity index (χ3n) is 7.67. The second-order valence-corrected chi connectivity index (χ2v) is 10.1. The van der Waals surface area contributed by atoms with Crippen molar-refractivity contribution in [1.29, 1.82) is 0 Å². The van der Waals surface area contributed by atoms with Gasteiger partial charge in [-0.05, 0) is 98.9 Å². The van der Waals surface area contributed by atoms with Gasteiger partial charge in [-0.3, -0.25) is 0 Å². The predicted molar refractivity (Wildman–Crippen MR) is 143 cm³/mol. The highest BCUT2D eigenvalue weighted by molar-refractivity contribution is 5.78. The third-order valence-corrected chi connectivity index (χ3v) is 7.67. The van der Waals surface area contributed by atoms with Crippen LogP contribution in [0.1, 0.15) is 36.8 Å². The van der Waals surface area contributed by atoms with E-state index in [-0.39, 0.29) is 0 Å². The Morgan fingerprint density at radius 2 is 1.70 bits per heavy atom. The summed E-state index contributed by atoms with van der Waals surface area (Å²) in [7, 11) is 2.06. The first kappa shape index (κ1) is 23.4. The number of aryl methyl sites for hydroxylation is 1. The summed E-state index contributed by atoms with van der Waals surface area (Å²) in [5.41, 5.74) is 11.1. The minimum Gasteiger partial charge on any atom is -0.457 e. The SMILES string of the molecule is Cc1cc(N(C)c2ncnn3ccc(CC4CCC(CN)CC4)c23)ccc1Oc1ccn2ncnc2c1. The lowest BCUT2D eigenvalue weighted by molar-refractivity contribution is 0.279. The summed E-state index contributed by atoms with van der Waals surface area (Å²) in [5, 5.41) is 8.62. The standard InChI is InChI=1S/C28H32N8O/c1-19-13-23(7-8-25(19)37-24-10-12-35-26(15-24)30-17-32-35)34(2)28-27-22(9-11-36(27)33-18-31-28)14-20-3-5-21(16-29)6-4-20/h7-13,15,17-18,20-21H,3-6,14,16,29H2,1-2H3. The summed E-state index contributed by atoms with van der Waals surface area (Å²) in [6.45, 7) is 2.86. The molecule has 0 spiro atoms. The van der Waals surface area contributed by atoms with E-state index in [1.807, 2.05) is 35.1 Å². The van der Waals surface area contributed by atoms with Crippen LogP contribution in [0.4, 0.5) is 11.5 Å². The number of anilines is 2. The summed E-state index contributed by atoms with van der Waals surface area (Å²) in [6.07, 6.45) is 13.0. The average molecular weight is 497 g/mol. The fourth-order valence-corrected chi connectivity index (χ4v) is 5.46. The summed E-state index contributed by atoms with van der Waals surface area (Å²) in [5.74, 6) is 3.79. The number of nitrogens with two attached hydrogens (primary N) is 1. The molecule has 1 fully saturated rings. The highest BCUT2D eigenvalue weighted by Crippen LogP contribution is 2.35. The van der Waals surface area contributed by atoms with Crippen LogP contribution >= 0.6 is 0 Å². The number of rotatable bonds is 7. The van der Waals surface area contributed by atoms with Crippen LogP contribution in [-0.4, -0.2) is 42.8 Å². The Morgan fingerprint density at radius 3 is 2.51 bits per heavy atom. The minimum absolute atomic E-state index is 0.683. The zero-order chi connectivity index (χ0) is 25.4. The molecule has 0 amide bonds. The highest BCUT2D eigenvalue weighted by Gasteiger charge is 2.23. The first-order valence-electron chi connectivity index (χ1n) is 12.9. The van der Waals surface area contributed by atoms with Gasteiger partial charge in [0.1, 0.15) is 29.7 Å². The monoisotopic (exact) mass is 496 g/mol. The molecule has 9 nitrogen and oxygen atoms in total. The van der Waals surface area contributed by atoms with Gasteiger partial charge < -0.3 is 15.4 Å². The van der Waals surface area contributed by atoms with Crippen LogP contribution in [-0.2, 0) is 6.42 Å². The molecule has 1 aliphatic rings. The van der Waals surface area contributed by atoms with E-state index in [9.17, 15) is 0 Å². The van der Waals surface area contributed by atoms with E-state index < -0.39 is 0 Å². The Bertz CT molecular complexity index is 1530. The normalized spacial score (nSPS) is 17.9. The molecule has 6 rings (SSSR count). The van der Waals surface area contributed by atoms with E-state index in [0.717, 1.165) is 52.7 Å². The van der Waals surface area contributed by atoms with Crippen molar-refractivity contribution in [3.05, 3.63) is 72.6 Å². The summed E-state index contributed by atoms with van der Waals surface area (Å²) in [4.78, 5) is 11.1. The van der Waals surface area contributed by atoms with E-state index in [1.54, 1.807) is 10.8 Å². The molecule has 0 radical (unpaired) electrons. The van der Waals surface area contributed by atoms with E-state index in [0.29, 0.717) is 11.8 Å². The molecule has 0 bridgehead atoms. The summed E-state index contributed by atoms with van der Waals surface area (Å²) in [6, 6.07) is 12.1. The maximum atomic E-state index is 6.17. The van der Waals surface area contributed by atoms with Crippen molar-refractivity contribution in [3.8, 4) is 11.5 Å². The highest BCUT2D eigenvalue weighted by atomic mass is 16.5. The molecular formula is C28H32N8O. The topological polar surface area (TPSA) is 98.9 Å². The molecule has 2 N–H and O–H groups in total. The van der Waals surface area contributed by atoms with Gasteiger partial charge in [-0.15, -0.1) is 0 Å². The van der Waals surface area contributed by atoms with Crippen molar-refractivity contribution in [2.24, 2.45) is 17.6 Å². The van der Waals surface area contributed by atoms with E-state index in [4.69, 9.17) is 15.5 Å². The fourth-order valence-electron chi connectivity index (χ4n) is 5.46. The van der Waals surface area contributed by atoms with Crippen LogP contribution in [0.15, 0.2) is 61.4 Å². The molecule has 1 saturated carbocycles. The number of nitrogens with zero attached hydrogens (tertiary/aromatic N) is 7. The van der Waals surface area contributed by atoms with Gasteiger partial charge in [-0.1, -0.05) is 0 Å². The van der Waals surface area contributed by atoms with Gasteiger partial charge in [-0.25, -0.2) is 19.0 Å². The lowest BCUT2D eigenvalue weighted by Crippen LogP contribution is -2.22. The Hall–Kier alpha value is -3.98. The molecule has 4 aromatic heterocycles. The van der Waals surface area contributed by atoms with Crippen molar-refractivity contribution >= 4 is 22.7 Å². The van der Waals surface area contributed by atoms with Crippen LogP contribution in [0.25, 0.3) is 11.2 Å². The van der Waals surface area contributed by atoms with Gasteiger partial charge in [0.15, 0.2) is 11.5 Å². The number of hydrogen-bond donors (Lipinski definition) is 1. The van der Waals surface area contributed by atoms with Crippen LogP contribution in [0, 0.1) is 18.8 Å². The predicted octanol–water partition coefficient (Wildman–Crippen LogP) is 4.95. The lowest BCUT2D eigenvalue weighted by Gasteiger charge is -2.27.